The van der Waals surface area contributed by atoms with Crippen molar-refractivity contribution >= 4 is 17.8 Å². The molecule has 2 rings (SSSR count). The lowest BCUT2D eigenvalue weighted by molar-refractivity contribution is -0.138. The molecule has 0 saturated carbocycles. The number of carbonyl (C=O) groups excluding carboxylic acids is 2. The van der Waals surface area contributed by atoms with Crippen LogP contribution in [0, 0.1) is 0 Å². The molecule has 1 unspecified atom stereocenters. The second kappa shape index (κ2) is 10.0. The van der Waals surface area contributed by atoms with E-state index >= 15 is 0 Å². The largest absolute Gasteiger partial charge is 0.494 e. The van der Waals surface area contributed by atoms with Crippen LogP contribution in [0.5, 0.6) is 5.75 Å². The van der Waals surface area contributed by atoms with Crippen LogP contribution in [0.25, 0.3) is 0 Å². The maximum atomic E-state index is 12.4. The van der Waals surface area contributed by atoms with Gasteiger partial charge in [0.1, 0.15) is 18.0 Å². The van der Waals surface area contributed by atoms with Crippen molar-refractivity contribution in [3.8, 4) is 5.75 Å². The predicted molar refractivity (Wildman–Crippen MR) is 98.3 cm³/mol. The Hall–Kier alpha value is -3.43. The van der Waals surface area contributed by atoms with E-state index in [4.69, 9.17) is 9.84 Å². The summed E-state index contributed by atoms with van der Waals surface area (Å²) in [6.07, 6.45) is 1.46. The van der Waals surface area contributed by atoms with E-state index in [0.29, 0.717) is 23.6 Å². The second-order valence-electron chi connectivity index (χ2n) is 6.01. The van der Waals surface area contributed by atoms with E-state index in [1.54, 1.807) is 12.1 Å². The van der Waals surface area contributed by atoms with Gasteiger partial charge in [0.05, 0.1) is 31.8 Å². The zero-order valence-electron chi connectivity index (χ0n) is 15.7. The van der Waals surface area contributed by atoms with Gasteiger partial charge in [0.2, 0.25) is 11.8 Å². The molecule has 0 aliphatic carbocycles. The van der Waals surface area contributed by atoms with Crippen molar-refractivity contribution in [2.75, 3.05) is 6.61 Å². The van der Waals surface area contributed by atoms with E-state index in [1.807, 2.05) is 19.1 Å². The number of carboxylic acids is 1. The molecule has 150 valence electrons. The molecule has 1 aromatic heterocycles. The van der Waals surface area contributed by atoms with Gasteiger partial charge < -0.3 is 20.5 Å². The summed E-state index contributed by atoms with van der Waals surface area (Å²) in [5, 5.41) is 21.7. The zero-order valence-corrected chi connectivity index (χ0v) is 15.7. The Bertz CT molecular complexity index is 835. The number of hydrogen-bond donors (Lipinski definition) is 3. The van der Waals surface area contributed by atoms with Crippen LogP contribution in [0.1, 0.15) is 37.6 Å². The van der Waals surface area contributed by atoms with E-state index in [9.17, 15) is 14.4 Å². The van der Waals surface area contributed by atoms with Crippen molar-refractivity contribution in [1.82, 2.24) is 25.6 Å². The summed E-state index contributed by atoms with van der Waals surface area (Å²) >= 11 is 0. The molecule has 10 nitrogen and oxygen atoms in total. The lowest BCUT2D eigenvalue weighted by Gasteiger charge is -2.20. The molecule has 0 bridgehead atoms. The van der Waals surface area contributed by atoms with Crippen LogP contribution in [-0.2, 0) is 27.5 Å². The van der Waals surface area contributed by atoms with E-state index in [0.717, 1.165) is 0 Å². The topological polar surface area (TPSA) is 135 Å². The minimum atomic E-state index is -1.04. The number of ether oxygens (including phenoxy) is 1. The molecule has 28 heavy (non-hydrogen) atoms. The smallest absolute Gasteiger partial charge is 0.325 e. The maximum Gasteiger partial charge on any atom is 0.325 e. The average Bonchev–Trinajstić information content (AvgIpc) is 3.06. The third-order valence-corrected chi connectivity index (χ3v) is 3.71. The van der Waals surface area contributed by atoms with Crippen LogP contribution < -0.4 is 15.4 Å². The van der Waals surface area contributed by atoms with Gasteiger partial charge in [-0.15, -0.1) is 5.10 Å². The Morgan fingerprint density at radius 3 is 2.71 bits per heavy atom. The summed E-state index contributed by atoms with van der Waals surface area (Å²) in [6.45, 7) is 3.49. The SMILES string of the molecule is CCOc1ccccc1C(CC(=O)NCc1cn(CC(=O)O)nn1)NC(C)=O. The average molecular weight is 389 g/mol. The standard InChI is InChI=1S/C18H23N5O5/c1-3-28-16-7-5-4-6-14(16)15(20-12(2)24)8-17(25)19-9-13-10-23(22-21-13)11-18(26)27/h4-7,10,15H,3,8-9,11H2,1-2H3,(H,19,25)(H,20,24)(H,26,27). The van der Waals surface area contributed by atoms with Crippen molar-refractivity contribution in [3.63, 3.8) is 0 Å². The zero-order chi connectivity index (χ0) is 20.5. The monoisotopic (exact) mass is 389 g/mol. The lowest BCUT2D eigenvalue weighted by atomic mass is 10.0. The first-order chi connectivity index (χ1) is 13.4. The van der Waals surface area contributed by atoms with Crippen LogP contribution in [0.15, 0.2) is 30.5 Å². The van der Waals surface area contributed by atoms with Gasteiger partial charge in [-0.25, -0.2) is 4.68 Å². The quantitative estimate of drug-likeness (QED) is 0.543. The normalized spacial score (nSPS) is 11.5. The van der Waals surface area contributed by atoms with Gasteiger partial charge >= 0.3 is 5.97 Å². The molecular formula is C18H23N5O5. The first-order valence-electron chi connectivity index (χ1n) is 8.75. The van der Waals surface area contributed by atoms with Gasteiger partial charge in [0.25, 0.3) is 0 Å². The first kappa shape index (κ1) is 20.9. The molecule has 0 aliphatic heterocycles. The first-order valence-corrected chi connectivity index (χ1v) is 8.75. The minimum absolute atomic E-state index is 0.00688. The van der Waals surface area contributed by atoms with E-state index in [-0.39, 0.29) is 31.3 Å². The van der Waals surface area contributed by atoms with Crippen molar-refractivity contribution in [2.45, 2.75) is 39.4 Å². The number of hydrogen-bond acceptors (Lipinski definition) is 6. The third-order valence-electron chi connectivity index (χ3n) is 3.71. The van der Waals surface area contributed by atoms with Crippen LogP contribution in [0.3, 0.4) is 0 Å². The maximum absolute atomic E-state index is 12.4. The number of rotatable bonds is 10. The molecule has 1 heterocycles. The predicted octanol–water partition coefficient (Wildman–Crippen LogP) is 0.645. The fraction of sp³-hybridized carbons (Fsp3) is 0.389. The summed E-state index contributed by atoms with van der Waals surface area (Å²) in [6, 6.07) is 6.66. The molecule has 0 radical (unpaired) electrons. The molecule has 0 aliphatic rings. The van der Waals surface area contributed by atoms with Gasteiger partial charge in [0.15, 0.2) is 0 Å². The van der Waals surface area contributed by atoms with Crippen LogP contribution >= 0.6 is 0 Å². The summed E-state index contributed by atoms with van der Waals surface area (Å²) in [5.41, 5.74) is 1.14. The van der Waals surface area contributed by atoms with E-state index in [1.165, 1.54) is 17.8 Å². The highest BCUT2D eigenvalue weighted by Gasteiger charge is 2.20. The molecule has 0 spiro atoms. The molecule has 2 amide bonds. The molecule has 1 atom stereocenters. The van der Waals surface area contributed by atoms with Gasteiger partial charge in [-0.1, -0.05) is 23.4 Å². The fourth-order valence-corrected chi connectivity index (χ4v) is 2.62. The second-order valence-corrected chi connectivity index (χ2v) is 6.01. The summed E-state index contributed by atoms with van der Waals surface area (Å²) in [4.78, 5) is 34.6. The van der Waals surface area contributed by atoms with Crippen molar-refractivity contribution in [1.29, 1.82) is 0 Å². The minimum Gasteiger partial charge on any atom is -0.494 e. The Balaban J connectivity index is 2.02. The van der Waals surface area contributed by atoms with E-state index in [2.05, 4.69) is 20.9 Å². The molecular weight excluding hydrogens is 366 g/mol. The highest BCUT2D eigenvalue weighted by atomic mass is 16.5. The lowest BCUT2D eigenvalue weighted by Crippen LogP contribution is -2.32. The number of amides is 2. The number of carboxylic acid groups (broad SMARTS) is 1. The van der Waals surface area contributed by atoms with Crippen LogP contribution in [0.2, 0.25) is 0 Å². The molecule has 1 aromatic carbocycles. The number of para-hydroxylation sites is 1. The molecule has 0 fully saturated rings. The Morgan fingerprint density at radius 1 is 1.29 bits per heavy atom. The molecule has 0 saturated heterocycles. The summed E-state index contributed by atoms with van der Waals surface area (Å²) < 4.78 is 6.76. The van der Waals surface area contributed by atoms with Crippen LogP contribution in [-0.4, -0.2) is 44.5 Å². The van der Waals surface area contributed by atoms with E-state index < -0.39 is 12.0 Å². The molecule has 10 heteroatoms. The Morgan fingerprint density at radius 2 is 2.04 bits per heavy atom. The Labute approximate surface area is 161 Å². The van der Waals surface area contributed by atoms with Gasteiger partial charge in [-0.2, -0.15) is 0 Å². The highest BCUT2D eigenvalue weighted by molar-refractivity contribution is 5.79. The number of aromatic nitrogens is 3. The number of carbonyl (C=O) groups is 3. The summed E-state index contributed by atoms with van der Waals surface area (Å²) in [5.74, 6) is -1.00. The van der Waals surface area contributed by atoms with Gasteiger partial charge in [-0.05, 0) is 13.0 Å². The van der Waals surface area contributed by atoms with Crippen molar-refractivity contribution in [3.05, 3.63) is 41.7 Å². The third kappa shape index (κ3) is 6.38. The number of benzene rings is 1. The highest BCUT2D eigenvalue weighted by Crippen LogP contribution is 2.27. The Kier molecular flexibility index (Phi) is 7.49. The number of aliphatic carboxylic acids is 1. The number of nitrogens with zero attached hydrogens (tertiary/aromatic N) is 3. The van der Waals surface area contributed by atoms with Crippen molar-refractivity contribution < 1.29 is 24.2 Å². The number of nitrogens with one attached hydrogen (secondary N) is 2. The van der Waals surface area contributed by atoms with Crippen molar-refractivity contribution in [2.24, 2.45) is 0 Å². The van der Waals surface area contributed by atoms with Crippen LogP contribution in [0.4, 0.5) is 0 Å². The van der Waals surface area contributed by atoms with Gasteiger partial charge in [-0.3, -0.25) is 14.4 Å². The molecule has 2 aromatic rings. The molecule has 3 N–H and O–H groups in total. The van der Waals surface area contributed by atoms with Gasteiger partial charge in [0, 0.05) is 12.5 Å². The summed E-state index contributed by atoms with van der Waals surface area (Å²) in [7, 11) is 0. The fourth-order valence-electron chi connectivity index (χ4n) is 2.62.